The quantitative estimate of drug-likeness (QED) is 0.460. The molecule has 0 aromatic carbocycles. The number of methoxy groups -OCH3 is 1. The average molecular weight is 362 g/mol. The maximum absolute atomic E-state index is 11.5. The Kier molecular flexibility index (Phi) is 7.78. The standard InChI is InChI=1S/C15H22O10/c1-7(16)21-6-11-12(22-8(2)17)13(23-9(3)18)14(24-10(4)19)15(20-5)25-11/h11-15H,6H2,1-5H3/t11?,12-,13?,14?,15-/m1/s1. The fourth-order valence-electron chi connectivity index (χ4n) is 2.38. The van der Waals surface area contributed by atoms with E-state index in [9.17, 15) is 19.2 Å². The van der Waals surface area contributed by atoms with Gasteiger partial charge in [-0.3, -0.25) is 19.2 Å². The summed E-state index contributed by atoms with van der Waals surface area (Å²) in [6.45, 7) is 4.37. The molecule has 3 unspecified atom stereocenters. The van der Waals surface area contributed by atoms with Crippen LogP contribution in [0.5, 0.6) is 0 Å². The van der Waals surface area contributed by atoms with E-state index in [1.807, 2.05) is 0 Å². The molecule has 0 aromatic heterocycles. The Morgan fingerprint density at radius 3 is 1.68 bits per heavy atom. The first-order valence-corrected chi connectivity index (χ1v) is 7.49. The Labute approximate surface area is 144 Å². The summed E-state index contributed by atoms with van der Waals surface area (Å²) in [5.74, 6) is -2.63. The Hall–Kier alpha value is -2.20. The first kappa shape index (κ1) is 20.8. The summed E-state index contributed by atoms with van der Waals surface area (Å²) in [6.07, 6.45) is -5.67. The molecule has 142 valence electrons. The van der Waals surface area contributed by atoms with E-state index in [-0.39, 0.29) is 6.61 Å². The van der Waals surface area contributed by atoms with Crippen molar-refractivity contribution >= 4 is 23.9 Å². The lowest BCUT2D eigenvalue weighted by molar-refractivity contribution is -0.302. The Balaban J connectivity index is 3.18. The van der Waals surface area contributed by atoms with Gasteiger partial charge in [0.2, 0.25) is 0 Å². The van der Waals surface area contributed by atoms with Gasteiger partial charge in [-0.1, -0.05) is 0 Å². The molecule has 0 aliphatic carbocycles. The summed E-state index contributed by atoms with van der Waals surface area (Å²) in [5, 5.41) is 0. The Morgan fingerprint density at radius 2 is 1.24 bits per heavy atom. The first-order chi connectivity index (χ1) is 11.6. The van der Waals surface area contributed by atoms with E-state index in [2.05, 4.69) is 0 Å². The van der Waals surface area contributed by atoms with Crippen molar-refractivity contribution in [3.63, 3.8) is 0 Å². The second kappa shape index (κ2) is 9.33. The molecule has 10 nitrogen and oxygen atoms in total. The molecule has 0 bridgehead atoms. The molecule has 1 fully saturated rings. The molecule has 1 aliphatic heterocycles. The predicted molar refractivity (Wildman–Crippen MR) is 79.0 cm³/mol. The number of rotatable bonds is 6. The molecule has 1 rings (SSSR count). The summed E-state index contributed by atoms with van der Waals surface area (Å²) < 4.78 is 31.1. The number of ether oxygens (including phenoxy) is 6. The molecule has 5 atom stereocenters. The van der Waals surface area contributed by atoms with E-state index in [1.165, 1.54) is 14.0 Å². The normalized spacial score (nSPS) is 28.6. The molecule has 1 saturated heterocycles. The highest BCUT2D eigenvalue weighted by Crippen LogP contribution is 2.29. The third kappa shape index (κ3) is 6.31. The fourth-order valence-corrected chi connectivity index (χ4v) is 2.38. The van der Waals surface area contributed by atoms with E-state index < -0.39 is 54.6 Å². The Morgan fingerprint density at radius 1 is 0.760 bits per heavy atom. The molecule has 0 N–H and O–H groups in total. The van der Waals surface area contributed by atoms with Crippen LogP contribution >= 0.6 is 0 Å². The summed E-state index contributed by atoms with van der Waals surface area (Å²) >= 11 is 0. The summed E-state index contributed by atoms with van der Waals surface area (Å²) in [6, 6.07) is 0. The summed E-state index contributed by atoms with van der Waals surface area (Å²) in [5.41, 5.74) is 0. The van der Waals surface area contributed by atoms with E-state index in [0.717, 1.165) is 20.8 Å². The Bertz CT molecular complexity index is 516. The third-order valence-corrected chi connectivity index (χ3v) is 3.18. The van der Waals surface area contributed by atoms with Crippen molar-refractivity contribution in [2.45, 2.75) is 58.4 Å². The lowest BCUT2D eigenvalue weighted by Crippen LogP contribution is -2.62. The molecule has 0 amide bonds. The predicted octanol–water partition coefficient (Wildman–Crippen LogP) is -0.284. The van der Waals surface area contributed by atoms with Crippen LogP contribution in [0.2, 0.25) is 0 Å². The minimum atomic E-state index is -1.20. The van der Waals surface area contributed by atoms with Crippen molar-refractivity contribution in [1.82, 2.24) is 0 Å². The molecular weight excluding hydrogens is 340 g/mol. The van der Waals surface area contributed by atoms with Gasteiger partial charge in [0.05, 0.1) is 0 Å². The lowest BCUT2D eigenvalue weighted by atomic mass is 9.98. The van der Waals surface area contributed by atoms with Gasteiger partial charge in [0.15, 0.2) is 24.6 Å². The van der Waals surface area contributed by atoms with Crippen molar-refractivity contribution in [2.24, 2.45) is 0 Å². The molecule has 1 aliphatic rings. The molecule has 0 spiro atoms. The van der Waals surface area contributed by atoms with Crippen molar-refractivity contribution in [3.8, 4) is 0 Å². The highest BCUT2D eigenvalue weighted by molar-refractivity contribution is 5.68. The van der Waals surface area contributed by atoms with Crippen molar-refractivity contribution in [2.75, 3.05) is 13.7 Å². The number of carbonyl (C=O) groups excluding carboxylic acids is 4. The lowest BCUT2D eigenvalue weighted by Gasteiger charge is -2.43. The van der Waals surface area contributed by atoms with Gasteiger partial charge in [0, 0.05) is 34.8 Å². The zero-order chi connectivity index (χ0) is 19.1. The van der Waals surface area contributed by atoms with Gasteiger partial charge in [-0.15, -0.1) is 0 Å². The molecule has 0 radical (unpaired) electrons. The van der Waals surface area contributed by atoms with E-state index in [0.29, 0.717) is 0 Å². The average Bonchev–Trinajstić information content (AvgIpc) is 2.48. The van der Waals surface area contributed by atoms with Gasteiger partial charge in [-0.05, 0) is 0 Å². The molecule has 0 aromatic rings. The van der Waals surface area contributed by atoms with E-state index >= 15 is 0 Å². The highest BCUT2D eigenvalue weighted by atomic mass is 16.7. The smallest absolute Gasteiger partial charge is 0.303 e. The van der Waals surface area contributed by atoms with Crippen LogP contribution in [0.15, 0.2) is 0 Å². The molecule has 1 heterocycles. The van der Waals surface area contributed by atoms with Gasteiger partial charge < -0.3 is 28.4 Å². The maximum atomic E-state index is 11.5. The van der Waals surface area contributed by atoms with Gasteiger partial charge in [-0.25, -0.2) is 0 Å². The zero-order valence-electron chi connectivity index (χ0n) is 14.7. The van der Waals surface area contributed by atoms with Crippen molar-refractivity contribution < 1.29 is 47.6 Å². The van der Waals surface area contributed by atoms with Crippen LogP contribution in [-0.2, 0) is 47.6 Å². The minimum absolute atomic E-state index is 0.280. The summed E-state index contributed by atoms with van der Waals surface area (Å²) in [7, 11) is 1.29. The molecule has 0 saturated carbocycles. The monoisotopic (exact) mass is 362 g/mol. The summed E-state index contributed by atoms with van der Waals surface area (Å²) in [4.78, 5) is 45.4. The van der Waals surface area contributed by atoms with E-state index in [1.54, 1.807) is 0 Å². The largest absolute Gasteiger partial charge is 0.463 e. The molecule has 25 heavy (non-hydrogen) atoms. The van der Waals surface area contributed by atoms with Crippen LogP contribution in [-0.4, -0.2) is 68.3 Å². The van der Waals surface area contributed by atoms with Crippen LogP contribution in [0.1, 0.15) is 27.7 Å². The number of esters is 4. The highest BCUT2D eigenvalue weighted by Gasteiger charge is 2.52. The number of hydrogen-bond donors (Lipinski definition) is 0. The SMILES string of the molecule is CO[C@@H]1OC(COC(C)=O)[C@@H](OC(C)=O)C(OC(C)=O)C1OC(C)=O. The molecular formula is C15H22O10. The second-order valence-electron chi connectivity index (χ2n) is 5.30. The van der Waals surface area contributed by atoms with Crippen molar-refractivity contribution in [1.29, 1.82) is 0 Å². The van der Waals surface area contributed by atoms with Gasteiger partial charge >= 0.3 is 23.9 Å². The minimum Gasteiger partial charge on any atom is -0.463 e. The van der Waals surface area contributed by atoms with Crippen molar-refractivity contribution in [3.05, 3.63) is 0 Å². The van der Waals surface area contributed by atoms with Gasteiger partial charge in [0.1, 0.15) is 12.7 Å². The van der Waals surface area contributed by atoms with Crippen LogP contribution in [0.4, 0.5) is 0 Å². The van der Waals surface area contributed by atoms with Gasteiger partial charge in [0.25, 0.3) is 0 Å². The van der Waals surface area contributed by atoms with Crippen LogP contribution in [0.25, 0.3) is 0 Å². The van der Waals surface area contributed by atoms with Gasteiger partial charge in [-0.2, -0.15) is 0 Å². The maximum Gasteiger partial charge on any atom is 0.303 e. The number of hydrogen-bond acceptors (Lipinski definition) is 10. The third-order valence-electron chi connectivity index (χ3n) is 3.18. The van der Waals surface area contributed by atoms with Crippen LogP contribution < -0.4 is 0 Å². The topological polar surface area (TPSA) is 124 Å². The van der Waals surface area contributed by atoms with Crippen LogP contribution in [0.3, 0.4) is 0 Å². The second-order valence-corrected chi connectivity index (χ2v) is 5.30. The fraction of sp³-hybridized carbons (Fsp3) is 0.733. The first-order valence-electron chi connectivity index (χ1n) is 7.49. The zero-order valence-corrected chi connectivity index (χ0v) is 14.7. The molecule has 10 heteroatoms. The van der Waals surface area contributed by atoms with Crippen LogP contribution in [0, 0.1) is 0 Å². The van der Waals surface area contributed by atoms with E-state index in [4.69, 9.17) is 28.4 Å². The number of carbonyl (C=O) groups is 4.